The van der Waals surface area contributed by atoms with E-state index >= 15 is 0 Å². The minimum Gasteiger partial charge on any atom is -0.355 e. The highest BCUT2D eigenvalue weighted by Gasteiger charge is 2.05. The quantitative estimate of drug-likeness (QED) is 0.355. The number of nitrogens with one attached hydrogen (secondary N) is 1. The van der Waals surface area contributed by atoms with Crippen molar-refractivity contribution in [3.63, 3.8) is 0 Å². The van der Waals surface area contributed by atoms with Gasteiger partial charge in [0.15, 0.2) is 0 Å². The zero-order chi connectivity index (χ0) is 27.9. The standard InChI is InChI=1S/C17H19N.C8H16O.C5H12.C4H10/c1-12-9-10-13(2)16(11-12)15(4)18-17-8-6-5-7-14(17)3;1-4-8(5-2)6-7(3)9;1-3-5-4-2;1-3-4-2/h5-11,18H,4H2,1-3H3;8H,4-6H2,1-3H3;3-5H2,1-2H3;3-4H2,1-2H3. The first-order valence-electron chi connectivity index (χ1n) is 14.2. The fraction of sp³-hybridized carbons (Fsp3) is 0.559. The lowest BCUT2D eigenvalue weighted by Gasteiger charge is -2.14. The van der Waals surface area contributed by atoms with Gasteiger partial charge in [0.05, 0.1) is 0 Å². The molecule has 2 aromatic rings. The number of unbranched alkanes of at least 4 members (excludes halogenated alkanes) is 3. The summed E-state index contributed by atoms with van der Waals surface area (Å²) in [6.45, 7) is 25.2. The van der Waals surface area contributed by atoms with Crippen LogP contribution in [0.5, 0.6) is 0 Å². The van der Waals surface area contributed by atoms with Gasteiger partial charge in [-0.05, 0) is 56.9 Å². The van der Waals surface area contributed by atoms with Crippen molar-refractivity contribution < 1.29 is 4.79 Å². The van der Waals surface area contributed by atoms with Crippen molar-refractivity contribution in [2.45, 2.75) is 121 Å². The molecule has 2 heteroatoms. The highest BCUT2D eigenvalue weighted by atomic mass is 16.1. The Morgan fingerprint density at radius 3 is 1.75 bits per heavy atom. The lowest BCUT2D eigenvalue weighted by atomic mass is 9.98. The van der Waals surface area contributed by atoms with Gasteiger partial charge in [-0.15, -0.1) is 0 Å². The monoisotopic (exact) mass is 495 g/mol. The molecule has 204 valence electrons. The molecular formula is C34H57NO. The molecule has 0 amide bonds. The van der Waals surface area contributed by atoms with Gasteiger partial charge in [-0.3, -0.25) is 0 Å². The molecule has 0 radical (unpaired) electrons. The van der Waals surface area contributed by atoms with Crippen LogP contribution in [0, 0.1) is 26.7 Å². The fourth-order valence-corrected chi connectivity index (χ4v) is 3.34. The number of carbonyl (C=O) groups excluding carboxylic acids is 1. The number of benzene rings is 2. The average molecular weight is 496 g/mol. The molecule has 2 aromatic carbocycles. The lowest BCUT2D eigenvalue weighted by Crippen LogP contribution is -2.02. The van der Waals surface area contributed by atoms with Crippen molar-refractivity contribution in [2.24, 2.45) is 5.92 Å². The van der Waals surface area contributed by atoms with Gasteiger partial charge in [-0.25, -0.2) is 0 Å². The second-order valence-corrected chi connectivity index (χ2v) is 9.68. The number of hydrogen-bond acceptors (Lipinski definition) is 2. The van der Waals surface area contributed by atoms with E-state index in [0.29, 0.717) is 11.7 Å². The number of carbonyl (C=O) groups is 1. The zero-order valence-corrected chi connectivity index (χ0v) is 25.4. The first-order chi connectivity index (χ1) is 17.1. The molecule has 0 saturated carbocycles. The highest BCUT2D eigenvalue weighted by Crippen LogP contribution is 2.23. The van der Waals surface area contributed by atoms with Crippen molar-refractivity contribution in [2.75, 3.05) is 5.32 Å². The molecule has 0 spiro atoms. The zero-order valence-electron chi connectivity index (χ0n) is 25.4. The summed E-state index contributed by atoms with van der Waals surface area (Å²) in [7, 11) is 0. The number of Topliss-reactive ketones (excluding diaryl/α,β-unsaturated/α-hetero) is 1. The van der Waals surface area contributed by atoms with Crippen LogP contribution in [0.2, 0.25) is 0 Å². The number of hydrogen-bond donors (Lipinski definition) is 1. The van der Waals surface area contributed by atoms with E-state index in [4.69, 9.17) is 0 Å². The number of para-hydroxylation sites is 1. The SMILES string of the molecule is C=C(Nc1ccccc1C)c1cc(C)ccc1C.CCC(CC)CC(C)=O.CCCC.CCCCC. The number of rotatable bonds is 10. The fourth-order valence-electron chi connectivity index (χ4n) is 3.34. The molecule has 0 fully saturated rings. The van der Waals surface area contributed by atoms with Gasteiger partial charge in [0.2, 0.25) is 0 Å². The normalized spacial score (nSPS) is 9.64. The highest BCUT2D eigenvalue weighted by molar-refractivity contribution is 5.78. The maximum absolute atomic E-state index is 10.6. The van der Waals surface area contributed by atoms with Gasteiger partial charge in [0.25, 0.3) is 0 Å². The van der Waals surface area contributed by atoms with Gasteiger partial charge in [0.1, 0.15) is 5.78 Å². The summed E-state index contributed by atoms with van der Waals surface area (Å²) in [6.07, 6.45) is 9.76. The van der Waals surface area contributed by atoms with Crippen LogP contribution in [-0.4, -0.2) is 5.78 Å². The molecule has 0 atom stereocenters. The summed E-state index contributed by atoms with van der Waals surface area (Å²) in [5.41, 5.74) is 6.96. The maximum Gasteiger partial charge on any atom is 0.130 e. The van der Waals surface area contributed by atoms with E-state index in [9.17, 15) is 4.79 Å². The van der Waals surface area contributed by atoms with Crippen molar-refractivity contribution in [1.29, 1.82) is 0 Å². The van der Waals surface area contributed by atoms with E-state index in [1.807, 2.05) is 12.1 Å². The van der Waals surface area contributed by atoms with Crippen LogP contribution < -0.4 is 5.32 Å². The predicted octanol–water partition coefficient (Wildman–Crippen LogP) is 11.1. The average Bonchev–Trinajstić information content (AvgIpc) is 2.86. The molecule has 0 aliphatic carbocycles. The number of ketones is 1. The van der Waals surface area contributed by atoms with E-state index in [1.165, 1.54) is 54.4 Å². The smallest absolute Gasteiger partial charge is 0.130 e. The second-order valence-electron chi connectivity index (χ2n) is 9.68. The van der Waals surface area contributed by atoms with Crippen molar-refractivity contribution >= 4 is 17.2 Å². The van der Waals surface area contributed by atoms with Crippen LogP contribution in [0.25, 0.3) is 5.70 Å². The molecule has 0 saturated heterocycles. The molecule has 0 unspecified atom stereocenters. The topological polar surface area (TPSA) is 29.1 Å². The van der Waals surface area contributed by atoms with Gasteiger partial charge < -0.3 is 10.1 Å². The maximum atomic E-state index is 10.6. The minimum atomic E-state index is 0.323. The van der Waals surface area contributed by atoms with Crippen LogP contribution in [0.4, 0.5) is 5.69 Å². The van der Waals surface area contributed by atoms with Crippen LogP contribution >= 0.6 is 0 Å². The Bertz CT molecular complexity index is 829. The van der Waals surface area contributed by atoms with E-state index in [-0.39, 0.29) is 0 Å². The third kappa shape index (κ3) is 18.0. The lowest BCUT2D eigenvalue weighted by molar-refractivity contribution is -0.117. The molecule has 2 nitrogen and oxygen atoms in total. The Hall–Kier alpha value is -2.35. The number of aryl methyl sites for hydroxylation is 3. The summed E-state index contributed by atoms with van der Waals surface area (Å²) in [6, 6.07) is 14.7. The van der Waals surface area contributed by atoms with Crippen molar-refractivity contribution in [3.8, 4) is 0 Å². The molecule has 0 aromatic heterocycles. The summed E-state index contributed by atoms with van der Waals surface area (Å²) in [5.74, 6) is 0.950. The molecule has 0 aliphatic rings. The summed E-state index contributed by atoms with van der Waals surface area (Å²) < 4.78 is 0. The predicted molar refractivity (Wildman–Crippen MR) is 165 cm³/mol. The Morgan fingerprint density at radius 1 is 0.806 bits per heavy atom. The molecule has 2 rings (SSSR count). The van der Waals surface area contributed by atoms with E-state index in [1.54, 1.807) is 6.92 Å². The first kappa shape index (κ1) is 35.8. The third-order valence-electron chi connectivity index (χ3n) is 6.09. The van der Waals surface area contributed by atoms with E-state index < -0.39 is 0 Å². The Morgan fingerprint density at radius 2 is 1.36 bits per heavy atom. The van der Waals surface area contributed by atoms with Crippen molar-refractivity contribution in [1.82, 2.24) is 0 Å². The molecule has 0 bridgehead atoms. The Balaban J connectivity index is 0. The van der Waals surface area contributed by atoms with Crippen molar-refractivity contribution in [3.05, 3.63) is 71.3 Å². The molecular weight excluding hydrogens is 438 g/mol. The van der Waals surface area contributed by atoms with Crippen LogP contribution in [0.1, 0.15) is 122 Å². The van der Waals surface area contributed by atoms with Crippen LogP contribution in [0.3, 0.4) is 0 Å². The van der Waals surface area contributed by atoms with E-state index in [0.717, 1.165) is 30.6 Å². The van der Waals surface area contributed by atoms with Gasteiger partial charge in [-0.1, -0.05) is 129 Å². The summed E-state index contributed by atoms with van der Waals surface area (Å²) in [5, 5.41) is 3.40. The molecule has 0 heterocycles. The second kappa shape index (κ2) is 23.1. The summed E-state index contributed by atoms with van der Waals surface area (Å²) in [4.78, 5) is 10.6. The molecule has 1 N–H and O–H groups in total. The van der Waals surface area contributed by atoms with E-state index in [2.05, 4.69) is 105 Å². The Labute approximate surface area is 225 Å². The summed E-state index contributed by atoms with van der Waals surface area (Å²) >= 11 is 0. The Kier molecular flexibility index (Phi) is 23.0. The molecule has 36 heavy (non-hydrogen) atoms. The first-order valence-corrected chi connectivity index (χ1v) is 14.2. The largest absolute Gasteiger partial charge is 0.355 e. The minimum absolute atomic E-state index is 0.323. The molecule has 0 aliphatic heterocycles. The van der Waals surface area contributed by atoms with Gasteiger partial charge >= 0.3 is 0 Å². The third-order valence-corrected chi connectivity index (χ3v) is 6.09. The number of anilines is 1. The van der Waals surface area contributed by atoms with Crippen LogP contribution in [0.15, 0.2) is 49.0 Å². The van der Waals surface area contributed by atoms with Crippen LogP contribution in [-0.2, 0) is 4.79 Å². The van der Waals surface area contributed by atoms with Gasteiger partial charge in [-0.2, -0.15) is 0 Å². The van der Waals surface area contributed by atoms with Gasteiger partial charge in [0, 0.05) is 23.4 Å².